The Labute approximate surface area is 144 Å². The van der Waals surface area contributed by atoms with Crippen LogP contribution in [0.3, 0.4) is 0 Å². The maximum absolute atomic E-state index is 11.8. The Kier molecular flexibility index (Phi) is 6.47. The third-order valence-electron chi connectivity index (χ3n) is 2.94. The Morgan fingerprint density at radius 2 is 1.71 bits per heavy atom. The minimum atomic E-state index is -3.53. The molecule has 1 heterocycles. The Morgan fingerprint density at radius 3 is 2.38 bits per heavy atom. The van der Waals surface area contributed by atoms with Crippen LogP contribution >= 0.6 is 11.3 Å². The summed E-state index contributed by atoms with van der Waals surface area (Å²) in [7, 11) is -3.53. The van der Waals surface area contributed by atoms with Gasteiger partial charge in [-0.25, -0.2) is 13.1 Å². The van der Waals surface area contributed by atoms with Crippen molar-refractivity contribution in [2.75, 3.05) is 19.6 Å². The van der Waals surface area contributed by atoms with E-state index in [4.69, 9.17) is 0 Å². The largest absolute Gasteiger partial charge is 0.353 e. The Balaban J connectivity index is 1.66. The van der Waals surface area contributed by atoms with Crippen LogP contribution in [0.4, 0.5) is 0 Å². The van der Waals surface area contributed by atoms with Crippen LogP contribution in [-0.2, 0) is 14.8 Å². The molecule has 0 atom stereocenters. The molecule has 7 nitrogen and oxygen atoms in total. The highest BCUT2D eigenvalue weighted by Crippen LogP contribution is 2.14. The minimum Gasteiger partial charge on any atom is -0.353 e. The van der Waals surface area contributed by atoms with E-state index in [0.717, 1.165) is 11.3 Å². The standard InChI is InChI=1S/C15H17N3O4S2/c19-13(11-17-15(20)12-5-2-1-3-6-12)16-8-9-18-24(21,22)14-7-4-10-23-14/h1-7,10,18H,8-9,11H2,(H,16,19)(H,17,20). The number of hydrogen-bond acceptors (Lipinski definition) is 5. The first-order valence-electron chi connectivity index (χ1n) is 7.12. The Bertz CT molecular complexity index is 774. The van der Waals surface area contributed by atoms with Gasteiger partial charge < -0.3 is 10.6 Å². The van der Waals surface area contributed by atoms with Crippen molar-refractivity contribution in [2.24, 2.45) is 0 Å². The van der Waals surface area contributed by atoms with Gasteiger partial charge in [-0.05, 0) is 23.6 Å². The first kappa shape index (κ1) is 18.1. The van der Waals surface area contributed by atoms with Crippen LogP contribution in [0.1, 0.15) is 10.4 Å². The van der Waals surface area contributed by atoms with Crippen molar-refractivity contribution < 1.29 is 18.0 Å². The molecule has 0 spiro atoms. The van der Waals surface area contributed by atoms with Crippen LogP contribution < -0.4 is 15.4 Å². The van der Waals surface area contributed by atoms with Gasteiger partial charge in [0, 0.05) is 18.7 Å². The predicted octanol–water partition coefficient (Wildman–Crippen LogP) is 0.573. The van der Waals surface area contributed by atoms with Gasteiger partial charge in [-0.3, -0.25) is 9.59 Å². The van der Waals surface area contributed by atoms with E-state index in [2.05, 4.69) is 15.4 Å². The van der Waals surface area contributed by atoms with Crippen LogP contribution in [-0.4, -0.2) is 39.9 Å². The number of rotatable bonds is 8. The average Bonchev–Trinajstić information content (AvgIpc) is 3.13. The molecule has 0 saturated heterocycles. The van der Waals surface area contributed by atoms with E-state index < -0.39 is 15.9 Å². The van der Waals surface area contributed by atoms with Crippen LogP contribution in [0.15, 0.2) is 52.1 Å². The van der Waals surface area contributed by atoms with Gasteiger partial charge in [-0.15, -0.1) is 11.3 Å². The van der Waals surface area contributed by atoms with E-state index in [0.29, 0.717) is 5.56 Å². The summed E-state index contributed by atoms with van der Waals surface area (Å²) in [5.41, 5.74) is 0.467. The molecule has 0 aliphatic carbocycles. The molecule has 3 N–H and O–H groups in total. The Hall–Kier alpha value is -2.23. The quantitative estimate of drug-likeness (QED) is 0.594. The zero-order valence-electron chi connectivity index (χ0n) is 12.7. The van der Waals surface area contributed by atoms with Crippen LogP contribution in [0, 0.1) is 0 Å². The highest BCUT2D eigenvalue weighted by molar-refractivity contribution is 7.91. The smallest absolute Gasteiger partial charge is 0.251 e. The van der Waals surface area contributed by atoms with Crippen LogP contribution in [0.5, 0.6) is 0 Å². The number of amides is 2. The van der Waals surface area contributed by atoms with Crippen molar-refractivity contribution in [3.8, 4) is 0 Å². The van der Waals surface area contributed by atoms with Crippen molar-refractivity contribution in [3.63, 3.8) is 0 Å². The summed E-state index contributed by atoms with van der Waals surface area (Å²) in [6.07, 6.45) is 0. The summed E-state index contributed by atoms with van der Waals surface area (Å²) < 4.78 is 26.3. The summed E-state index contributed by atoms with van der Waals surface area (Å²) in [6, 6.07) is 11.7. The zero-order chi connectivity index (χ0) is 17.4. The van der Waals surface area contributed by atoms with E-state index >= 15 is 0 Å². The van der Waals surface area contributed by atoms with Gasteiger partial charge in [-0.2, -0.15) is 0 Å². The molecule has 0 aliphatic heterocycles. The lowest BCUT2D eigenvalue weighted by molar-refractivity contribution is -0.120. The van der Waals surface area contributed by atoms with Gasteiger partial charge in [0.15, 0.2) is 0 Å². The zero-order valence-corrected chi connectivity index (χ0v) is 14.3. The maximum atomic E-state index is 11.8. The molecule has 2 rings (SSSR count). The number of carbonyl (C=O) groups is 2. The summed E-state index contributed by atoms with van der Waals surface area (Å²) in [5, 5.41) is 6.69. The van der Waals surface area contributed by atoms with E-state index in [-0.39, 0.29) is 29.8 Å². The van der Waals surface area contributed by atoms with Crippen molar-refractivity contribution in [3.05, 3.63) is 53.4 Å². The summed E-state index contributed by atoms with van der Waals surface area (Å²) >= 11 is 1.12. The normalized spacial score (nSPS) is 11.0. The van der Waals surface area contributed by atoms with E-state index in [1.807, 2.05) is 0 Å². The molecule has 24 heavy (non-hydrogen) atoms. The molecule has 0 aliphatic rings. The number of nitrogens with one attached hydrogen (secondary N) is 3. The second kappa shape index (κ2) is 8.57. The van der Waals surface area contributed by atoms with Gasteiger partial charge in [0.1, 0.15) is 4.21 Å². The topological polar surface area (TPSA) is 104 Å². The number of sulfonamides is 1. The van der Waals surface area contributed by atoms with Crippen LogP contribution in [0.25, 0.3) is 0 Å². The van der Waals surface area contributed by atoms with Crippen molar-refractivity contribution in [1.82, 2.24) is 15.4 Å². The molecule has 2 amide bonds. The fraction of sp³-hybridized carbons (Fsp3) is 0.200. The highest BCUT2D eigenvalue weighted by Gasteiger charge is 2.14. The van der Waals surface area contributed by atoms with Crippen molar-refractivity contribution >= 4 is 33.2 Å². The minimum absolute atomic E-state index is 0.0681. The van der Waals surface area contributed by atoms with Gasteiger partial charge in [-0.1, -0.05) is 24.3 Å². The maximum Gasteiger partial charge on any atom is 0.251 e. The van der Waals surface area contributed by atoms with Gasteiger partial charge in [0.2, 0.25) is 15.9 Å². The molecule has 1 aromatic heterocycles. The van der Waals surface area contributed by atoms with Gasteiger partial charge >= 0.3 is 0 Å². The van der Waals surface area contributed by atoms with Crippen LogP contribution in [0.2, 0.25) is 0 Å². The van der Waals surface area contributed by atoms with Crippen molar-refractivity contribution in [2.45, 2.75) is 4.21 Å². The molecule has 0 fully saturated rings. The molecular formula is C15H17N3O4S2. The monoisotopic (exact) mass is 367 g/mol. The third-order valence-corrected chi connectivity index (χ3v) is 5.80. The molecular weight excluding hydrogens is 350 g/mol. The second-order valence-corrected chi connectivity index (χ2v) is 7.67. The summed E-state index contributed by atoms with van der Waals surface area (Å²) in [6.45, 7) is 0.0225. The fourth-order valence-corrected chi connectivity index (χ4v) is 3.86. The number of thiophene rings is 1. The first-order valence-corrected chi connectivity index (χ1v) is 9.48. The van der Waals surface area contributed by atoms with Crippen molar-refractivity contribution in [1.29, 1.82) is 0 Å². The molecule has 0 bridgehead atoms. The molecule has 2 aromatic rings. The van der Waals surface area contributed by atoms with E-state index in [1.54, 1.807) is 41.8 Å². The number of hydrogen-bond donors (Lipinski definition) is 3. The first-order chi connectivity index (χ1) is 11.5. The molecule has 9 heteroatoms. The van der Waals surface area contributed by atoms with E-state index in [1.165, 1.54) is 6.07 Å². The SMILES string of the molecule is O=C(CNC(=O)c1ccccc1)NCCNS(=O)(=O)c1cccs1. The average molecular weight is 367 g/mol. The molecule has 0 unspecified atom stereocenters. The lowest BCUT2D eigenvalue weighted by Crippen LogP contribution is -2.40. The molecule has 128 valence electrons. The number of benzene rings is 1. The summed E-state index contributed by atoms with van der Waals surface area (Å²) in [4.78, 5) is 23.4. The summed E-state index contributed by atoms with van der Waals surface area (Å²) in [5.74, 6) is -0.737. The lowest BCUT2D eigenvalue weighted by atomic mass is 10.2. The van der Waals surface area contributed by atoms with Gasteiger partial charge in [0.25, 0.3) is 5.91 Å². The fourth-order valence-electron chi connectivity index (χ4n) is 1.79. The molecule has 0 radical (unpaired) electrons. The molecule has 0 saturated carbocycles. The highest BCUT2D eigenvalue weighted by atomic mass is 32.2. The van der Waals surface area contributed by atoms with E-state index in [9.17, 15) is 18.0 Å². The third kappa shape index (κ3) is 5.44. The van der Waals surface area contributed by atoms with Gasteiger partial charge in [0.05, 0.1) is 6.54 Å². The second-order valence-electron chi connectivity index (χ2n) is 4.73. The molecule has 1 aromatic carbocycles. The predicted molar refractivity (Wildman–Crippen MR) is 91.3 cm³/mol. The Morgan fingerprint density at radius 1 is 0.958 bits per heavy atom. The number of carbonyl (C=O) groups excluding carboxylic acids is 2. The lowest BCUT2D eigenvalue weighted by Gasteiger charge is -2.08.